The van der Waals surface area contributed by atoms with Gasteiger partial charge in [0.05, 0.1) is 15.2 Å². The van der Waals surface area contributed by atoms with Crippen LogP contribution in [0.1, 0.15) is 10.6 Å². The molecule has 4 heteroatoms. The van der Waals surface area contributed by atoms with Gasteiger partial charge < -0.3 is 5.73 Å². The summed E-state index contributed by atoms with van der Waals surface area (Å²) in [5, 5.41) is 0.952. The minimum absolute atomic E-state index is 0.251. The summed E-state index contributed by atoms with van der Waals surface area (Å²) in [4.78, 5) is 4.43. The van der Waals surface area contributed by atoms with Crippen LogP contribution in [-0.4, -0.2) is 4.98 Å². The summed E-state index contributed by atoms with van der Waals surface area (Å²) in [5.41, 5.74) is 8.44. The smallest absolute Gasteiger partial charge is 0.125 e. The van der Waals surface area contributed by atoms with Crippen molar-refractivity contribution in [3.63, 3.8) is 0 Å². The molecular weight excluding hydrogens is 247 g/mol. The van der Waals surface area contributed by atoms with Crippen LogP contribution in [0.5, 0.6) is 0 Å². The highest BCUT2D eigenvalue weighted by atomic mass is 32.1. The van der Waals surface area contributed by atoms with Crippen molar-refractivity contribution < 1.29 is 4.39 Å². The Labute approximate surface area is 108 Å². The lowest BCUT2D eigenvalue weighted by atomic mass is 10.1. The average molecular weight is 258 g/mol. The topological polar surface area (TPSA) is 38.9 Å². The Hall–Kier alpha value is -1.94. The van der Waals surface area contributed by atoms with Gasteiger partial charge in [-0.3, -0.25) is 0 Å². The monoisotopic (exact) mass is 258 g/mol. The molecule has 0 unspecified atom stereocenters. The van der Waals surface area contributed by atoms with Gasteiger partial charge in [-0.2, -0.15) is 0 Å². The molecule has 0 saturated heterocycles. The first-order valence-electron chi connectivity index (χ1n) is 5.61. The number of nitrogens with zero attached hydrogens (tertiary/aromatic N) is 1. The fourth-order valence-electron chi connectivity index (χ4n) is 1.88. The molecule has 0 aliphatic heterocycles. The van der Waals surface area contributed by atoms with Crippen LogP contribution in [0.15, 0.2) is 42.5 Å². The van der Waals surface area contributed by atoms with Gasteiger partial charge in [-0.15, -0.1) is 11.3 Å². The van der Waals surface area contributed by atoms with E-state index in [-0.39, 0.29) is 5.82 Å². The normalized spacial score (nSPS) is 10.9. The van der Waals surface area contributed by atoms with Crippen LogP contribution in [-0.2, 0) is 6.42 Å². The van der Waals surface area contributed by atoms with E-state index < -0.39 is 0 Å². The molecule has 0 atom stereocenters. The molecule has 18 heavy (non-hydrogen) atoms. The average Bonchev–Trinajstić information content (AvgIpc) is 2.73. The van der Waals surface area contributed by atoms with Gasteiger partial charge in [-0.25, -0.2) is 9.37 Å². The van der Waals surface area contributed by atoms with Crippen molar-refractivity contribution in [2.75, 3.05) is 5.73 Å². The van der Waals surface area contributed by atoms with Crippen molar-refractivity contribution >= 4 is 27.2 Å². The van der Waals surface area contributed by atoms with E-state index in [0.29, 0.717) is 11.9 Å². The van der Waals surface area contributed by atoms with Gasteiger partial charge in [0.2, 0.25) is 0 Å². The molecule has 0 aliphatic rings. The molecule has 90 valence electrons. The molecule has 1 heterocycles. The van der Waals surface area contributed by atoms with E-state index >= 15 is 0 Å². The maximum atomic E-state index is 13.1. The van der Waals surface area contributed by atoms with Crippen molar-refractivity contribution in [1.82, 2.24) is 4.98 Å². The summed E-state index contributed by atoms with van der Waals surface area (Å²) in [7, 11) is 0. The molecule has 0 saturated carbocycles. The van der Waals surface area contributed by atoms with Crippen LogP contribution in [0.4, 0.5) is 10.1 Å². The summed E-state index contributed by atoms with van der Waals surface area (Å²) < 4.78 is 14.1. The van der Waals surface area contributed by atoms with E-state index in [1.165, 1.54) is 12.1 Å². The minimum Gasteiger partial charge on any atom is -0.398 e. The predicted molar refractivity (Wildman–Crippen MR) is 73.2 cm³/mol. The molecular formula is C14H11FN2S. The van der Waals surface area contributed by atoms with Gasteiger partial charge in [0.25, 0.3) is 0 Å². The summed E-state index contributed by atoms with van der Waals surface area (Å²) in [6.45, 7) is 0. The fraction of sp³-hybridized carbons (Fsp3) is 0.0714. The molecule has 0 radical (unpaired) electrons. The van der Waals surface area contributed by atoms with E-state index in [0.717, 1.165) is 21.0 Å². The lowest BCUT2D eigenvalue weighted by molar-refractivity contribution is 0.629. The van der Waals surface area contributed by atoms with Crippen molar-refractivity contribution in [2.24, 2.45) is 0 Å². The number of nitrogens with two attached hydrogens (primary N) is 1. The number of para-hydroxylation sites is 1. The van der Waals surface area contributed by atoms with Gasteiger partial charge in [-0.05, 0) is 23.8 Å². The first-order chi connectivity index (χ1) is 8.72. The van der Waals surface area contributed by atoms with Crippen molar-refractivity contribution in [3.8, 4) is 0 Å². The van der Waals surface area contributed by atoms with Gasteiger partial charge in [0.15, 0.2) is 0 Å². The molecule has 2 nitrogen and oxygen atoms in total. The molecule has 0 spiro atoms. The van der Waals surface area contributed by atoms with Crippen LogP contribution in [0.3, 0.4) is 0 Å². The summed E-state index contributed by atoms with van der Waals surface area (Å²) in [6.07, 6.45) is 0.688. The van der Waals surface area contributed by atoms with Crippen LogP contribution in [0, 0.1) is 5.82 Å². The number of hydrogen-bond donors (Lipinski definition) is 1. The zero-order chi connectivity index (χ0) is 12.5. The highest BCUT2D eigenvalue weighted by Crippen LogP contribution is 2.25. The lowest BCUT2D eigenvalue weighted by Gasteiger charge is -2.01. The van der Waals surface area contributed by atoms with E-state index in [9.17, 15) is 4.39 Å². The maximum Gasteiger partial charge on any atom is 0.125 e. The molecule has 0 aliphatic carbocycles. The number of nitrogen functional groups attached to an aromatic ring is 1. The fourth-order valence-corrected chi connectivity index (χ4v) is 2.85. The van der Waals surface area contributed by atoms with Gasteiger partial charge in [0, 0.05) is 18.2 Å². The Morgan fingerprint density at radius 1 is 1.17 bits per heavy atom. The summed E-state index contributed by atoms with van der Waals surface area (Å²) >= 11 is 1.58. The molecule has 3 rings (SSSR count). The number of thiazole rings is 1. The Kier molecular flexibility index (Phi) is 2.72. The second-order valence-electron chi connectivity index (χ2n) is 4.10. The molecule has 1 aromatic heterocycles. The van der Waals surface area contributed by atoms with E-state index in [4.69, 9.17) is 5.73 Å². The number of anilines is 1. The zero-order valence-corrected chi connectivity index (χ0v) is 10.4. The van der Waals surface area contributed by atoms with Crippen LogP contribution in [0.25, 0.3) is 10.2 Å². The number of halogens is 1. The molecule has 0 fully saturated rings. The third kappa shape index (κ3) is 2.07. The lowest BCUT2D eigenvalue weighted by Crippen LogP contribution is -1.94. The van der Waals surface area contributed by atoms with Crippen molar-refractivity contribution in [3.05, 3.63) is 58.9 Å². The number of aromatic nitrogens is 1. The SMILES string of the molecule is Nc1ccccc1Cc1nc2cc(F)ccc2s1. The number of rotatable bonds is 2. The second kappa shape index (κ2) is 4.38. The van der Waals surface area contributed by atoms with E-state index in [1.54, 1.807) is 17.4 Å². The minimum atomic E-state index is -0.251. The third-order valence-electron chi connectivity index (χ3n) is 2.79. The molecule has 0 bridgehead atoms. The first kappa shape index (κ1) is 11.2. The van der Waals surface area contributed by atoms with Crippen LogP contribution < -0.4 is 5.73 Å². The zero-order valence-electron chi connectivity index (χ0n) is 9.56. The van der Waals surface area contributed by atoms with Gasteiger partial charge >= 0.3 is 0 Å². The van der Waals surface area contributed by atoms with Crippen LogP contribution in [0.2, 0.25) is 0 Å². The number of hydrogen-bond acceptors (Lipinski definition) is 3. The maximum absolute atomic E-state index is 13.1. The highest BCUT2D eigenvalue weighted by Gasteiger charge is 2.07. The first-order valence-corrected chi connectivity index (χ1v) is 6.42. The largest absolute Gasteiger partial charge is 0.398 e. The Morgan fingerprint density at radius 3 is 2.83 bits per heavy atom. The number of benzene rings is 2. The summed E-state index contributed by atoms with van der Waals surface area (Å²) in [6, 6.07) is 12.4. The van der Waals surface area contributed by atoms with E-state index in [2.05, 4.69) is 4.98 Å². The third-order valence-corrected chi connectivity index (χ3v) is 3.83. The van der Waals surface area contributed by atoms with Crippen molar-refractivity contribution in [2.45, 2.75) is 6.42 Å². The molecule has 2 aromatic carbocycles. The Balaban J connectivity index is 1.98. The second-order valence-corrected chi connectivity index (χ2v) is 5.21. The van der Waals surface area contributed by atoms with E-state index in [1.807, 2.05) is 24.3 Å². The quantitative estimate of drug-likeness (QED) is 0.713. The predicted octanol–water partition coefficient (Wildman–Crippen LogP) is 3.61. The molecule has 2 N–H and O–H groups in total. The Morgan fingerprint density at radius 2 is 2.00 bits per heavy atom. The standard InChI is InChI=1S/C14H11FN2S/c15-10-5-6-13-12(8-10)17-14(18-13)7-9-3-1-2-4-11(9)16/h1-6,8H,7,16H2. The summed E-state index contributed by atoms with van der Waals surface area (Å²) in [5.74, 6) is -0.251. The molecule has 3 aromatic rings. The highest BCUT2D eigenvalue weighted by molar-refractivity contribution is 7.18. The number of fused-ring (bicyclic) bond motifs is 1. The van der Waals surface area contributed by atoms with Crippen molar-refractivity contribution in [1.29, 1.82) is 0 Å². The molecule has 0 amide bonds. The van der Waals surface area contributed by atoms with Gasteiger partial charge in [-0.1, -0.05) is 18.2 Å². The Bertz CT molecular complexity index is 706. The van der Waals surface area contributed by atoms with Crippen LogP contribution >= 0.6 is 11.3 Å². The van der Waals surface area contributed by atoms with Gasteiger partial charge in [0.1, 0.15) is 5.82 Å².